The fourth-order valence-corrected chi connectivity index (χ4v) is 9.30. The minimum Gasteiger partial charge on any atom is -0.485 e. The number of nitriles is 1. The van der Waals surface area contributed by atoms with Gasteiger partial charge in [0.25, 0.3) is 0 Å². The Labute approximate surface area is 301 Å². The molecule has 4 aliphatic heterocycles. The molecule has 6 rings (SSSR count). The second kappa shape index (κ2) is 14.2. The van der Waals surface area contributed by atoms with Crippen LogP contribution in [0.4, 0.5) is 5.69 Å². The second-order valence-corrected chi connectivity index (χ2v) is 16.8. The number of fused-ring (bicyclic) bond motifs is 2. The average molecular weight is 759 g/mol. The number of benzene rings is 2. The molecular formula is C34H40N4O12P2. The third-order valence-corrected chi connectivity index (χ3v) is 11.6. The molecular weight excluding hydrogens is 718 g/mol. The van der Waals surface area contributed by atoms with Crippen LogP contribution in [-0.2, 0) is 36.8 Å². The smallest absolute Gasteiger partial charge is 0.472 e. The maximum Gasteiger partial charge on any atom is 0.472 e. The lowest BCUT2D eigenvalue weighted by Crippen LogP contribution is -2.54. The van der Waals surface area contributed by atoms with Gasteiger partial charge in [-0.2, -0.15) is 5.26 Å². The number of rotatable bonds is 11. The van der Waals surface area contributed by atoms with Crippen molar-refractivity contribution < 1.29 is 56.1 Å². The Hall–Kier alpha value is -3.82. The summed E-state index contributed by atoms with van der Waals surface area (Å²) in [6.45, 7) is 13.3. The molecule has 6 atom stereocenters. The highest BCUT2D eigenvalue weighted by molar-refractivity contribution is 7.47. The van der Waals surface area contributed by atoms with Crippen molar-refractivity contribution in [3.63, 3.8) is 0 Å². The molecule has 0 bridgehead atoms. The molecule has 278 valence electrons. The molecule has 52 heavy (non-hydrogen) atoms. The van der Waals surface area contributed by atoms with Gasteiger partial charge in [-0.15, -0.1) is 0 Å². The summed E-state index contributed by atoms with van der Waals surface area (Å²) < 4.78 is 60.8. The van der Waals surface area contributed by atoms with Crippen molar-refractivity contribution in [2.24, 2.45) is 0 Å². The zero-order valence-electron chi connectivity index (χ0n) is 29.1. The van der Waals surface area contributed by atoms with Crippen LogP contribution in [0.15, 0.2) is 36.4 Å². The van der Waals surface area contributed by atoms with Crippen molar-refractivity contribution in [3.05, 3.63) is 64.5 Å². The number of phosphoric acid groups is 2. The lowest BCUT2D eigenvalue weighted by Gasteiger charge is -2.47. The average Bonchev–Trinajstić information content (AvgIpc) is 3.70. The number of nitrogens with zero attached hydrogens (tertiary/aromatic N) is 4. The highest BCUT2D eigenvalue weighted by Crippen LogP contribution is 2.56. The molecule has 0 saturated carbocycles. The van der Waals surface area contributed by atoms with Crippen molar-refractivity contribution in [3.8, 4) is 17.6 Å². The summed E-state index contributed by atoms with van der Waals surface area (Å²) in [7, 11) is -9.89. The summed E-state index contributed by atoms with van der Waals surface area (Å²) in [5, 5.41) is 9.53. The van der Waals surface area contributed by atoms with Gasteiger partial charge in [-0.25, -0.2) is 14.0 Å². The fraction of sp³-hybridized carbons (Fsp3) is 0.529. The minimum absolute atomic E-state index is 0.187. The van der Waals surface area contributed by atoms with Crippen LogP contribution in [0.5, 0.6) is 11.5 Å². The first-order chi connectivity index (χ1) is 24.4. The molecule has 2 unspecified atom stereocenters. The first kappa shape index (κ1) is 37.9. The van der Waals surface area contributed by atoms with Crippen LogP contribution in [0.2, 0.25) is 0 Å². The van der Waals surface area contributed by atoms with E-state index < -0.39 is 64.4 Å². The van der Waals surface area contributed by atoms with Crippen LogP contribution >= 0.6 is 15.6 Å². The Kier molecular flexibility index (Phi) is 10.4. The summed E-state index contributed by atoms with van der Waals surface area (Å²) in [6, 6.07) is 9.77. The number of hydrogen-bond donors (Lipinski definition) is 2. The van der Waals surface area contributed by atoms with E-state index in [-0.39, 0.29) is 30.3 Å². The van der Waals surface area contributed by atoms with E-state index in [0.29, 0.717) is 54.1 Å². The molecule has 2 amide bonds. The number of likely N-dealkylation sites (tertiary alicyclic amines) is 2. The molecule has 0 spiro atoms. The maximum absolute atomic E-state index is 13.4. The first-order valence-electron chi connectivity index (χ1n) is 16.8. The molecule has 4 aliphatic rings. The molecule has 2 saturated heterocycles. The predicted molar refractivity (Wildman–Crippen MR) is 182 cm³/mol. The van der Waals surface area contributed by atoms with Gasteiger partial charge in [0.1, 0.15) is 34.9 Å². The van der Waals surface area contributed by atoms with Crippen LogP contribution in [0.25, 0.3) is 4.85 Å². The van der Waals surface area contributed by atoms with Crippen molar-refractivity contribution in [1.29, 1.82) is 5.26 Å². The van der Waals surface area contributed by atoms with Gasteiger partial charge in [-0.3, -0.25) is 27.7 Å². The number of carbonyl (C=O) groups is 2. The Bertz CT molecular complexity index is 1800. The molecule has 4 heterocycles. The topological polar surface area (TPSA) is 199 Å². The highest BCUT2D eigenvalue weighted by Gasteiger charge is 2.53. The molecule has 16 nitrogen and oxygen atoms in total. The van der Waals surface area contributed by atoms with Crippen LogP contribution < -0.4 is 9.47 Å². The first-order valence-corrected chi connectivity index (χ1v) is 19.8. The van der Waals surface area contributed by atoms with Crippen LogP contribution in [-0.4, -0.2) is 81.1 Å². The van der Waals surface area contributed by atoms with Crippen molar-refractivity contribution >= 4 is 33.1 Å². The zero-order chi connectivity index (χ0) is 37.6. The summed E-state index contributed by atoms with van der Waals surface area (Å²) in [5.41, 5.74) is -1.03. The van der Waals surface area contributed by atoms with E-state index in [1.807, 2.05) is 0 Å². The summed E-state index contributed by atoms with van der Waals surface area (Å²) in [4.78, 5) is 54.1. The predicted octanol–water partition coefficient (Wildman–Crippen LogP) is 5.48. The third-order valence-electron chi connectivity index (χ3n) is 9.57. The Morgan fingerprint density at radius 3 is 1.73 bits per heavy atom. The van der Waals surface area contributed by atoms with Crippen molar-refractivity contribution in [2.45, 2.75) is 88.9 Å². The van der Waals surface area contributed by atoms with Crippen molar-refractivity contribution in [2.75, 3.05) is 26.3 Å². The van der Waals surface area contributed by atoms with Crippen LogP contribution in [0.3, 0.4) is 0 Å². The fourth-order valence-electron chi connectivity index (χ4n) is 7.25. The van der Waals surface area contributed by atoms with Gasteiger partial charge in [0, 0.05) is 37.1 Å². The Balaban J connectivity index is 1.15. The van der Waals surface area contributed by atoms with Crippen LogP contribution in [0.1, 0.15) is 82.2 Å². The molecule has 0 aliphatic carbocycles. The van der Waals surface area contributed by atoms with Gasteiger partial charge in [-0.1, -0.05) is 6.07 Å². The number of phosphoric ester groups is 2. The normalized spacial score (nSPS) is 26.9. The Morgan fingerprint density at radius 1 is 0.846 bits per heavy atom. The highest BCUT2D eigenvalue weighted by atomic mass is 31.2. The molecule has 2 aromatic carbocycles. The van der Waals surface area contributed by atoms with E-state index in [4.69, 9.17) is 34.1 Å². The standard InChI is InChI=1S/C34H40N4O12P2/c1-33(2)31(29(37-14-6-8-27(37)39)23-18-21(20-35)10-12-25(23)47-33)49-51(41,42)45-16-17-46-52(43,44)50-32-30(38-15-7-9-28(38)40)24-19-22(36-5)11-13-26(24)48-34(32,3)4/h10-13,18-19,29-32H,6-9,14-17H2,1-4H3,(H,41,42)(H,43,44)/t29-,30-,31+,32+/m0/s1. The van der Waals surface area contributed by atoms with E-state index in [2.05, 4.69) is 10.9 Å². The quantitative estimate of drug-likeness (QED) is 0.166. The Morgan fingerprint density at radius 2 is 1.31 bits per heavy atom. The minimum atomic E-state index is -4.95. The summed E-state index contributed by atoms with van der Waals surface area (Å²) >= 11 is 0. The third kappa shape index (κ3) is 7.63. The summed E-state index contributed by atoms with van der Waals surface area (Å²) in [5.74, 6) is 0.420. The monoisotopic (exact) mass is 758 g/mol. The van der Waals surface area contributed by atoms with Gasteiger partial charge >= 0.3 is 15.6 Å². The lowest BCUT2D eigenvalue weighted by atomic mass is 9.85. The zero-order valence-corrected chi connectivity index (χ0v) is 30.9. The van der Waals surface area contributed by atoms with Gasteiger partial charge in [0.15, 0.2) is 5.69 Å². The number of amides is 2. The largest absolute Gasteiger partial charge is 0.485 e. The van der Waals surface area contributed by atoms with E-state index >= 15 is 0 Å². The SMILES string of the molecule is [C-]#[N+]c1ccc2c(c1)[C@H](N1CCCC1=O)[C@@H](OP(=O)(O)OCCOP(=O)(O)O[C@@H]1[C@@H](N3CCCC3=O)c3cc(C#N)ccc3OC1(C)C)C(C)(C)O2. The number of carbonyl (C=O) groups excluding carboxylic acids is 2. The maximum atomic E-state index is 13.4. The van der Waals surface area contributed by atoms with Gasteiger partial charge in [-0.05, 0) is 70.9 Å². The molecule has 0 radical (unpaired) electrons. The second-order valence-electron chi connectivity index (χ2n) is 14.0. The van der Waals surface area contributed by atoms with Gasteiger partial charge < -0.3 is 29.1 Å². The molecule has 18 heteroatoms. The lowest BCUT2D eigenvalue weighted by molar-refractivity contribution is -0.140. The van der Waals surface area contributed by atoms with E-state index in [1.54, 1.807) is 69.0 Å². The van der Waals surface area contributed by atoms with E-state index in [0.717, 1.165) is 0 Å². The van der Waals surface area contributed by atoms with Gasteiger partial charge in [0.05, 0.1) is 43.5 Å². The molecule has 2 aromatic rings. The van der Waals surface area contributed by atoms with Crippen LogP contribution in [0, 0.1) is 17.9 Å². The number of ether oxygens (including phenoxy) is 2. The van der Waals surface area contributed by atoms with Gasteiger partial charge in [0.2, 0.25) is 11.8 Å². The number of hydrogen-bond acceptors (Lipinski definition) is 11. The molecule has 2 N–H and O–H groups in total. The van der Waals surface area contributed by atoms with E-state index in [9.17, 15) is 33.8 Å². The molecule has 0 aromatic heterocycles. The summed E-state index contributed by atoms with van der Waals surface area (Å²) in [6.07, 6.45) is -0.761. The van der Waals surface area contributed by atoms with Crippen molar-refractivity contribution in [1.82, 2.24) is 9.80 Å². The van der Waals surface area contributed by atoms with E-state index in [1.165, 1.54) is 4.90 Å². The molecule has 2 fully saturated rings.